The first-order valence-corrected chi connectivity index (χ1v) is 9.90. The van der Waals surface area contributed by atoms with Gasteiger partial charge in [0, 0.05) is 6.20 Å². The van der Waals surface area contributed by atoms with Gasteiger partial charge in [0.05, 0.1) is 18.6 Å². The molecular weight excluding hydrogens is 360 g/mol. The zero-order valence-corrected chi connectivity index (χ0v) is 18.8. The molecule has 6 nitrogen and oxygen atoms in total. The van der Waals surface area contributed by atoms with Crippen LogP contribution < -0.4 is 5.73 Å². The van der Waals surface area contributed by atoms with Gasteiger partial charge in [0.2, 0.25) is 5.95 Å². The molecule has 0 fully saturated rings. The quantitative estimate of drug-likeness (QED) is 0.581. The smallest absolute Gasteiger partial charge is 0.223 e. The van der Waals surface area contributed by atoms with Crippen LogP contribution in [0.5, 0.6) is 0 Å². The predicted molar refractivity (Wildman–Crippen MR) is 116 cm³/mol. The Morgan fingerprint density at radius 3 is 2.11 bits per heavy atom. The van der Waals surface area contributed by atoms with Crippen molar-refractivity contribution in [1.82, 2.24) is 24.5 Å². The highest BCUT2D eigenvalue weighted by atomic mass is 35.5. The zero-order chi connectivity index (χ0) is 21.1. The number of hydrogen-bond donors (Lipinski definition) is 1. The third kappa shape index (κ3) is 5.89. The number of anilines is 1. The van der Waals surface area contributed by atoms with E-state index < -0.39 is 0 Å². The van der Waals surface area contributed by atoms with Gasteiger partial charge in [-0.15, -0.1) is 0 Å². The topological polar surface area (TPSA) is 82.5 Å². The number of pyridine rings is 1. The van der Waals surface area contributed by atoms with E-state index in [4.69, 9.17) is 17.3 Å². The highest BCUT2D eigenvalue weighted by molar-refractivity contribution is 6.33. The molecule has 150 valence electrons. The van der Waals surface area contributed by atoms with E-state index in [0.717, 1.165) is 5.69 Å². The number of nitrogens with two attached hydrogens (primary N) is 1. The van der Waals surface area contributed by atoms with Gasteiger partial charge in [0.15, 0.2) is 10.8 Å². The SMILES string of the molecule is CC.CC.CC.Cc1cnc(Cn2cnc3c(Cl)nc(N)nc32)c(C)c1C. The molecule has 0 bridgehead atoms. The highest BCUT2D eigenvalue weighted by Gasteiger charge is 2.13. The minimum atomic E-state index is 0.138. The monoisotopic (exact) mass is 392 g/mol. The van der Waals surface area contributed by atoms with E-state index in [9.17, 15) is 0 Å². The summed E-state index contributed by atoms with van der Waals surface area (Å²) in [6, 6.07) is 0. The molecule has 0 aliphatic carbocycles. The minimum Gasteiger partial charge on any atom is -0.368 e. The van der Waals surface area contributed by atoms with Gasteiger partial charge in [-0.1, -0.05) is 53.1 Å². The molecule has 7 heteroatoms. The summed E-state index contributed by atoms with van der Waals surface area (Å²) in [6.45, 7) is 18.8. The number of nitrogen functional groups attached to an aromatic ring is 1. The first-order chi connectivity index (χ1) is 13.0. The predicted octanol–water partition coefficient (Wildman–Crippen LogP) is 5.51. The van der Waals surface area contributed by atoms with Crippen LogP contribution in [0, 0.1) is 20.8 Å². The van der Waals surface area contributed by atoms with Crippen LogP contribution in [-0.4, -0.2) is 24.5 Å². The summed E-state index contributed by atoms with van der Waals surface area (Å²) in [7, 11) is 0. The van der Waals surface area contributed by atoms with Gasteiger partial charge in [-0.05, 0) is 37.5 Å². The average Bonchev–Trinajstić information content (AvgIpc) is 3.10. The molecule has 0 aliphatic heterocycles. The fraction of sp³-hybridized carbons (Fsp3) is 0.500. The number of aromatic nitrogens is 5. The normalized spacial score (nSPS) is 9.41. The van der Waals surface area contributed by atoms with Crippen LogP contribution in [0.2, 0.25) is 5.15 Å². The molecule has 0 saturated heterocycles. The third-order valence-corrected chi connectivity index (χ3v) is 4.02. The van der Waals surface area contributed by atoms with Crippen molar-refractivity contribution in [2.75, 3.05) is 5.73 Å². The zero-order valence-electron chi connectivity index (χ0n) is 18.1. The van der Waals surface area contributed by atoms with E-state index >= 15 is 0 Å². The first kappa shape index (κ1) is 24.8. The maximum absolute atomic E-state index is 6.03. The Morgan fingerprint density at radius 1 is 0.926 bits per heavy atom. The Labute approximate surface area is 168 Å². The number of rotatable bonds is 2. The molecule has 3 aromatic heterocycles. The molecule has 0 saturated carbocycles. The second-order valence-corrected chi connectivity index (χ2v) is 5.41. The van der Waals surface area contributed by atoms with Crippen molar-refractivity contribution in [1.29, 1.82) is 0 Å². The number of aryl methyl sites for hydroxylation is 1. The Bertz CT molecular complexity index is 842. The minimum absolute atomic E-state index is 0.138. The average molecular weight is 393 g/mol. The van der Waals surface area contributed by atoms with Gasteiger partial charge in [-0.2, -0.15) is 9.97 Å². The number of halogens is 1. The molecule has 0 amide bonds. The first-order valence-electron chi connectivity index (χ1n) is 9.53. The van der Waals surface area contributed by atoms with Crippen molar-refractivity contribution in [3.8, 4) is 0 Å². The van der Waals surface area contributed by atoms with Crippen LogP contribution in [0.25, 0.3) is 11.2 Å². The van der Waals surface area contributed by atoms with E-state index in [1.807, 2.05) is 52.3 Å². The van der Waals surface area contributed by atoms with E-state index in [2.05, 4.69) is 40.7 Å². The largest absolute Gasteiger partial charge is 0.368 e. The Balaban J connectivity index is 0.00000103. The molecule has 3 rings (SSSR count). The molecule has 0 aliphatic rings. The second-order valence-electron chi connectivity index (χ2n) is 5.06. The van der Waals surface area contributed by atoms with Crippen LogP contribution >= 0.6 is 11.6 Å². The summed E-state index contributed by atoms with van der Waals surface area (Å²) in [5, 5.41) is 0.265. The lowest BCUT2D eigenvalue weighted by molar-refractivity contribution is 0.778. The van der Waals surface area contributed by atoms with Gasteiger partial charge < -0.3 is 10.3 Å². The van der Waals surface area contributed by atoms with Gasteiger partial charge in [-0.3, -0.25) is 4.98 Å². The number of fused-ring (bicyclic) bond motifs is 1. The van der Waals surface area contributed by atoms with Crippen molar-refractivity contribution >= 4 is 28.7 Å². The molecule has 0 unspecified atom stereocenters. The lowest BCUT2D eigenvalue weighted by Gasteiger charge is -2.11. The lowest BCUT2D eigenvalue weighted by atomic mass is 10.0. The van der Waals surface area contributed by atoms with Crippen LogP contribution in [0.3, 0.4) is 0 Å². The molecule has 27 heavy (non-hydrogen) atoms. The van der Waals surface area contributed by atoms with Crippen molar-refractivity contribution in [2.45, 2.75) is 68.9 Å². The molecule has 0 atom stereocenters. The van der Waals surface area contributed by atoms with Crippen LogP contribution in [0.4, 0.5) is 5.95 Å². The van der Waals surface area contributed by atoms with Crippen molar-refractivity contribution < 1.29 is 0 Å². The summed E-state index contributed by atoms with van der Waals surface area (Å²) < 4.78 is 1.88. The van der Waals surface area contributed by atoms with Crippen molar-refractivity contribution in [3.63, 3.8) is 0 Å². The Morgan fingerprint density at radius 2 is 1.52 bits per heavy atom. The van der Waals surface area contributed by atoms with Crippen LogP contribution in [-0.2, 0) is 6.54 Å². The second kappa shape index (κ2) is 12.2. The number of imidazole rings is 1. The van der Waals surface area contributed by atoms with Gasteiger partial charge in [0.25, 0.3) is 0 Å². The molecule has 0 radical (unpaired) electrons. The molecule has 3 aromatic rings. The Hall–Kier alpha value is -2.21. The summed E-state index contributed by atoms with van der Waals surface area (Å²) >= 11 is 6.03. The third-order valence-electron chi connectivity index (χ3n) is 3.76. The van der Waals surface area contributed by atoms with E-state index in [-0.39, 0.29) is 11.1 Å². The Kier molecular flexibility index (Phi) is 11.2. The summed E-state index contributed by atoms with van der Waals surface area (Å²) in [5.41, 5.74) is 11.4. The molecule has 0 aromatic carbocycles. The maximum atomic E-state index is 6.03. The van der Waals surface area contributed by atoms with Gasteiger partial charge in [-0.25, -0.2) is 4.98 Å². The molecular formula is C20H33ClN6. The summed E-state index contributed by atoms with van der Waals surface area (Å²) in [5.74, 6) is 0.138. The van der Waals surface area contributed by atoms with Gasteiger partial charge in [0.1, 0.15) is 5.52 Å². The van der Waals surface area contributed by atoms with Crippen molar-refractivity contribution in [2.24, 2.45) is 0 Å². The number of hydrogen-bond acceptors (Lipinski definition) is 5. The van der Waals surface area contributed by atoms with E-state index in [1.54, 1.807) is 6.33 Å². The molecule has 3 heterocycles. The standard InChI is InChI=1S/C14H15ClN6.3C2H6/c1-7-4-17-10(9(3)8(7)2)5-21-6-18-11-12(15)19-14(16)20-13(11)21;3*1-2/h4,6H,5H2,1-3H3,(H2,16,19,20);3*1-2H3. The number of nitrogens with zero attached hydrogens (tertiary/aromatic N) is 5. The summed E-state index contributed by atoms with van der Waals surface area (Å²) in [6.07, 6.45) is 3.56. The summed E-state index contributed by atoms with van der Waals surface area (Å²) in [4.78, 5) is 16.9. The van der Waals surface area contributed by atoms with E-state index in [0.29, 0.717) is 17.7 Å². The fourth-order valence-corrected chi connectivity index (χ4v) is 2.46. The van der Waals surface area contributed by atoms with E-state index in [1.165, 1.54) is 16.7 Å². The molecule has 0 spiro atoms. The highest BCUT2D eigenvalue weighted by Crippen LogP contribution is 2.21. The fourth-order valence-electron chi connectivity index (χ4n) is 2.24. The van der Waals surface area contributed by atoms with Crippen LogP contribution in [0.15, 0.2) is 12.5 Å². The van der Waals surface area contributed by atoms with Gasteiger partial charge >= 0.3 is 0 Å². The maximum Gasteiger partial charge on any atom is 0.223 e. The lowest BCUT2D eigenvalue weighted by Crippen LogP contribution is -2.06. The molecule has 2 N–H and O–H groups in total. The van der Waals surface area contributed by atoms with Crippen molar-refractivity contribution in [3.05, 3.63) is 40.1 Å². The van der Waals surface area contributed by atoms with Crippen LogP contribution in [0.1, 0.15) is 63.9 Å².